The normalized spacial score (nSPS) is 10.2. The zero-order valence-electron chi connectivity index (χ0n) is 10.8. The van der Waals surface area contributed by atoms with Gasteiger partial charge in [-0.15, -0.1) is 0 Å². The number of quaternary nitrogens is 1. The molecule has 2 aromatic rings. The first-order valence-corrected chi connectivity index (χ1v) is 6.39. The van der Waals surface area contributed by atoms with Crippen LogP contribution in [0, 0.1) is 0 Å². The van der Waals surface area contributed by atoms with Crippen molar-refractivity contribution in [3.8, 4) is 11.1 Å². The molecule has 0 aromatic heterocycles. The molecular weight excluding hydrogens is 238 g/mol. The van der Waals surface area contributed by atoms with E-state index >= 15 is 0 Å². The van der Waals surface area contributed by atoms with E-state index in [1.807, 2.05) is 42.5 Å². The van der Waals surface area contributed by atoms with Gasteiger partial charge in [-0.1, -0.05) is 54.6 Å². The summed E-state index contributed by atoms with van der Waals surface area (Å²) >= 11 is 0. The van der Waals surface area contributed by atoms with Crippen molar-refractivity contribution in [2.45, 2.75) is 6.42 Å². The number of rotatable bonds is 5. The van der Waals surface area contributed by atoms with Crippen LogP contribution in [0.25, 0.3) is 11.1 Å². The molecule has 3 N–H and O–H groups in total. The molecule has 0 radical (unpaired) electrons. The summed E-state index contributed by atoms with van der Waals surface area (Å²) in [6, 6.07) is 18.1. The minimum absolute atomic E-state index is 0.198. The quantitative estimate of drug-likeness (QED) is 0.827. The van der Waals surface area contributed by atoms with Gasteiger partial charge in [0.2, 0.25) is 0 Å². The molecule has 2 aromatic carbocycles. The molecule has 2 rings (SSSR count). The second-order valence-corrected chi connectivity index (χ2v) is 4.31. The molecule has 98 valence electrons. The summed E-state index contributed by atoms with van der Waals surface area (Å²) in [6.45, 7) is 1.000. The second kappa shape index (κ2) is 6.71. The van der Waals surface area contributed by atoms with E-state index in [1.54, 1.807) is 0 Å². The molecule has 19 heavy (non-hydrogen) atoms. The summed E-state index contributed by atoms with van der Waals surface area (Å²) in [5.74, 6) is -0.198. The van der Waals surface area contributed by atoms with Gasteiger partial charge >= 0.3 is 5.97 Å². The Bertz CT molecular complexity index is 520. The van der Waals surface area contributed by atoms with Crippen molar-refractivity contribution < 1.29 is 15.3 Å². The average molecular weight is 256 g/mol. The third-order valence-electron chi connectivity index (χ3n) is 2.82. The first kappa shape index (κ1) is 13.3. The van der Waals surface area contributed by atoms with Crippen LogP contribution in [0.15, 0.2) is 54.6 Å². The smallest absolute Gasteiger partial charge is 0.310 e. The van der Waals surface area contributed by atoms with Gasteiger partial charge in [0.25, 0.3) is 0 Å². The molecule has 0 aliphatic carbocycles. The van der Waals surface area contributed by atoms with E-state index in [-0.39, 0.29) is 5.97 Å². The van der Waals surface area contributed by atoms with Crippen molar-refractivity contribution in [3.63, 3.8) is 0 Å². The van der Waals surface area contributed by atoms with E-state index in [0.717, 1.165) is 11.1 Å². The van der Waals surface area contributed by atoms with Gasteiger partial charge in [-0.25, -0.2) is 0 Å². The Labute approximate surface area is 113 Å². The summed E-state index contributed by atoms with van der Waals surface area (Å²) < 4.78 is 5.01. The maximum absolute atomic E-state index is 11.5. The molecule has 0 heterocycles. The summed E-state index contributed by atoms with van der Waals surface area (Å²) in [7, 11) is 0. The van der Waals surface area contributed by atoms with Crippen LogP contribution >= 0.6 is 0 Å². The molecule has 0 amide bonds. The summed E-state index contributed by atoms with van der Waals surface area (Å²) in [5, 5.41) is 0. The number of ether oxygens (including phenoxy) is 1. The van der Waals surface area contributed by atoms with Crippen LogP contribution in [-0.2, 0) is 16.0 Å². The molecule has 0 unspecified atom stereocenters. The molecule has 0 fully saturated rings. The fourth-order valence-corrected chi connectivity index (χ4v) is 1.85. The van der Waals surface area contributed by atoms with Crippen LogP contribution < -0.4 is 5.73 Å². The molecule has 0 saturated carbocycles. The van der Waals surface area contributed by atoms with Crippen molar-refractivity contribution in [1.82, 2.24) is 0 Å². The van der Waals surface area contributed by atoms with Crippen LogP contribution in [0.4, 0.5) is 0 Å². The number of hydrogen-bond acceptors (Lipinski definition) is 2. The van der Waals surface area contributed by atoms with Gasteiger partial charge in [-0.05, 0) is 16.7 Å². The zero-order chi connectivity index (χ0) is 13.5. The number of carbonyl (C=O) groups is 1. The molecular formula is C16H18NO2+. The Morgan fingerprint density at radius 3 is 2.21 bits per heavy atom. The highest BCUT2D eigenvalue weighted by Gasteiger charge is 2.05. The van der Waals surface area contributed by atoms with Gasteiger partial charge in [0.1, 0.15) is 13.2 Å². The van der Waals surface area contributed by atoms with Crippen LogP contribution in [0.2, 0.25) is 0 Å². The fraction of sp³-hybridized carbons (Fsp3) is 0.188. The van der Waals surface area contributed by atoms with Crippen molar-refractivity contribution in [3.05, 3.63) is 60.2 Å². The number of hydrogen-bond donors (Lipinski definition) is 1. The van der Waals surface area contributed by atoms with Gasteiger partial charge in [0, 0.05) is 0 Å². The van der Waals surface area contributed by atoms with Gasteiger partial charge in [-0.2, -0.15) is 0 Å². The van der Waals surface area contributed by atoms with Crippen molar-refractivity contribution in [1.29, 1.82) is 0 Å². The Morgan fingerprint density at radius 1 is 0.947 bits per heavy atom. The lowest BCUT2D eigenvalue weighted by molar-refractivity contribution is -0.372. The van der Waals surface area contributed by atoms with Crippen LogP contribution in [0.5, 0.6) is 0 Å². The predicted octanol–water partition coefficient (Wildman–Crippen LogP) is 1.68. The first-order valence-electron chi connectivity index (χ1n) is 6.39. The van der Waals surface area contributed by atoms with Crippen LogP contribution in [-0.4, -0.2) is 19.1 Å². The topological polar surface area (TPSA) is 53.9 Å². The maximum atomic E-state index is 11.5. The van der Waals surface area contributed by atoms with E-state index < -0.39 is 0 Å². The second-order valence-electron chi connectivity index (χ2n) is 4.31. The highest BCUT2D eigenvalue weighted by atomic mass is 16.5. The van der Waals surface area contributed by atoms with Gasteiger partial charge in [-0.3, -0.25) is 4.79 Å². The summed E-state index contributed by atoms with van der Waals surface area (Å²) in [4.78, 5) is 11.5. The minimum atomic E-state index is -0.198. The lowest BCUT2D eigenvalue weighted by Crippen LogP contribution is -2.52. The molecule has 0 aliphatic rings. The molecule has 0 spiro atoms. The Hall–Kier alpha value is -2.13. The maximum Gasteiger partial charge on any atom is 0.310 e. The van der Waals surface area contributed by atoms with E-state index in [2.05, 4.69) is 17.9 Å². The third kappa shape index (κ3) is 3.93. The SMILES string of the molecule is [NH3+]CCOC(=O)Cc1ccc(-c2ccccc2)cc1. The monoisotopic (exact) mass is 256 g/mol. The lowest BCUT2D eigenvalue weighted by atomic mass is 10.0. The molecule has 3 nitrogen and oxygen atoms in total. The van der Waals surface area contributed by atoms with Gasteiger partial charge in [0.15, 0.2) is 0 Å². The van der Waals surface area contributed by atoms with Crippen molar-refractivity contribution in [2.24, 2.45) is 0 Å². The van der Waals surface area contributed by atoms with Gasteiger partial charge in [0.05, 0.1) is 6.42 Å². The Morgan fingerprint density at radius 2 is 1.58 bits per heavy atom. The molecule has 0 aliphatic heterocycles. The largest absolute Gasteiger partial charge is 0.459 e. The Kier molecular flexibility index (Phi) is 4.70. The number of esters is 1. The van der Waals surface area contributed by atoms with Crippen LogP contribution in [0.1, 0.15) is 5.56 Å². The fourth-order valence-electron chi connectivity index (χ4n) is 1.85. The van der Waals surface area contributed by atoms with Crippen molar-refractivity contribution >= 4 is 5.97 Å². The van der Waals surface area contributed by atoms with Crippen molar-refractivity contribution in [2.75, 3.05) is 13.2 Å². The summed E-state index contributed by atoms with van der Waals surface area (Å²) in [6.07, 6.45) is 0.315. The van der Waals surface area contributed by atoms with Gasteiger partial charge < -0.3 is 10.5 Å². The van der Waals surface area contributed by atoms with E-state index in [1.165, 1.54) is 5.56 Å². The highest BCUT2D eigenvalue weighted by molar-refractivity contribution is 5.73. The van der Waals surface area contributed by atoms with Crippen LogP contribution in [0.3, 0.4) is 0 Å². The third-order valence-corrected chi connectivity index (χ3v) is 2.82. The molecule has 0 bridgehead atoms. The molecule has 0 saturated heterocycles. The first-order chi connectivity index (χ1) is 9.29. The summed E-state index contributed by atoms with van der Waals surface area (Å²) in [5.41, 5.74) is 6.92. The van der Waals surface area contributed by atoms with E-state index in [4.69, 9.17) is 4.74 Å². The zero-order valence-corrected chi connectivity index (χ0v) is 10.8. The number of benzene rings is 2. The Balaban J connectivity index is 2.01. The number of carbonyl (C=O) groups excluding carboxylic acids is 1. The van der Waals surface area contributed by atoms with E-state index in [0.29, 0.717) is 19.6 Å². The standard InChI is InChI=1S/C16H17NO2/c17-10-11-19-16(18)12-13-6-8-15(9-7-13)14-4-2-1-3-5-14/h1-9H,10-12,17H2/p+1. The lowest BCUT2D eigenvalue weighted by Gasteiger charge is -2.05. The predicted molar refractivity (Wildman–Crippen MR) is 74.3 cm³/mol. The van der Waals surface area contributed by atoms with E-state index in [9.17, 15) is 4.79 Å². The minimum Gasteiger partial charge on any atom is -0.459 e. The molecule has 3 heteroatoms. The molecule has 0 atom stereocenters. The average Bonchev–Trinajstić information content (AvgIpc) is 2.47. The highest BCUT2D eigenvalue weighted by Crippen LogP contribution is 2.19.